The minimum absolute atomic E-state index is 0.309. The van der Waals surface area contributed by atoms with E-state index in [-0.39, 0.29) is 0 Å². The Kier molecular flexibility index (Phi) is 3.60. The Labute approximate surface area is 122 Å². The number of rotatable bonds is 2. The number of aromatic nitrogens is 3. The van der Waals surface area contributed by atoms with E-state index in [2.05, 4.69) is 10.1 Å². The summed E-state index contributed by atoms with van der Waals surface area (Å²) in [5.41, 5.74) is 10.7. The summed E-state index contributed by atoms with van der Waals surface area (Å²) >= 11 is 11.3. The minimum Gasteiger partial charge on any atom is -0.389 e. The monoisotopic (exact) mass is 294 g/mol. The third-order valence-electron chi connectivity index (χ3n) is 2.99. The van der Waals surface area contributed by atoms with E-state index < -0.39 is 0 Å². The number of nitrogens with two attached hydrogens (primary N) is 1. The molecule has 2 rings (SSSR count). The van der Waals surface area contributed by atoms with Gasteiger partial charge in [-0.2, -0.15) is 5.10 Å². The third-order valence-corrected chi connectivity index (χ3v) is 3.74. The number of aryl methyl sites for hydroxylation is 3. The van der Waals surface area contributed by atoms with Crippen LogP contribution in [0.2, 0.25) is 5.02 Å². The minimum atomic E-state index is 0.309. The van der Waals surface area contributed by atoms with Gasteiger partial charge in [0.05, 0.1) is 27.7 Å². The highest BCUT2D eigenvalue weighted by atomic mass is 35.5. The molecule has 0 saturated heterocycles. The molecule has 19 heavy (non-hydrogen) atoms. The van der Waals surface area contributed by atoms with Crippen molar-refractivity contribution in [1.82, 2.24) is 14.8 Å². The first-order valence-corrected chi connectivity index (χ1v) is 6.61. The molecule has 6 heteroatoms. The van der Waals surface area contributed by atoms with Crippen molar-refractivity contribution in [2.45, 2.75) is 27.7 Å². The summed E-state index contributed by atoms with van der Waals surface area (Å²) in [6.07, 6.45) is 0. The van der Waals surface area contributed by atoms with E-state index in [1.54, 1.807) is 4.68 Å². The molecule has 0 aromatic carbocycles. The van der Waals surface area contributed by atoms with Crippen LogP contribution in [0.3, 0.4) is 0 Å². The zero-order valence-corrected chi connectivity index (χ0v) is 12.9. The molecule has 0 fully saturated rings. The predicted octanol–water partition coefficient (Wildman–Crippen LogP) is 2.79. The molecule has 0 aliphatic carbocycles. The summed E-state index contributed by atoms with van der Waals surface area (Å²) in [6, 6.07) is 1.91. The number of nitrogens with zero attached hydrogens (tertiary/aromatic N) is 3. The Bertz CT molecular complexity index is 676. The Morgan fingerprint density at radius 3 is 2.37 bits per heavy atom. The van der Waals surface area contributed by atoms with Gasteiger partial charge in [0.25, 0.3) is 0 Å². The predicted molar refractivity (Wildman–Crippen MR) is 81.2 cm³/mol. The van der Waals surface area contributed by atoms with E-state index in [1.165, 1.54) is 0 Å². The van der Waals surface area contributed by atoms with Crippen LogP contribution in [0.5, 0.6) is 0 Å². The number of hydrogen-bond acceptors (Lipinski definition) is 3. The lowest BCUT2D eigenvalue weighted by molar-refractivity contribution is 0.825. The van der Waals surface area contributed by atoms with Crippen molar-refractivity contribution in [2.75, 3.05) is 0 Å². The normalized spacial score (nSPS) is 10.8. The van der Waals surface area contributed by atoms with Crippen LogP contribution >= 0.6 is 23.8 Å². The smallest absolute Gasteiger partial charge is 0.108 e. The Balaban J connectivity index is 2.81. The highest BCUT2D eigenvalue weighted by molar-refractivity contribution is 7.80. The van der Waals surface area contributed by atoms with Crippen LogP contribution in [0.1, 0.15) is 28.3 Å². The lowest BCUT2D eigenvalue weighted by Gasteiger charge is -2.13. The van der Waals surface area contributed by atoms with Crippen LogP contribution in [-0.4, -0.2) is 19.8 Å². The van der Waals surface area contributed by atoms with Gasteiger partial charge in [-0.05, 0) is 33.8 Å². The summed E-state index contributed by atoms with van der Waals surface area (Å²) in [4.78, 5) is 4.71. The molecule has 0 saturated carbocycles. The molecule has 0 unspecified atom stereocenters. The van der Waals surface area contributed by atoms with E-state index >= 15 is 0 Å². The van der Waals surface area contributed by atoms with E-state index in [0.717, 1.165) is 34.0 Å². The van der Waals surface area contributed by atoms with Gasteiger partial charge in [0, 0.05) is 11.4 Å². The molecule has 2 N–H and O–H groups in total. The second-order valence-electron chi connectivity index (χ2n) is 4.50. The van der Waals surface area contributed by atoms with Crippen LogP contribution in [0.25, 0.3) is 5.69 Å². The van der Waals surface area contributed by atoms with Gasteiger partial charge in [0.2, 0.25) is 0 Å². The molecule has 0 aliphatic rings. The van der Waals surface area contributed by atoms with E-state index in [0.29, 0.717) is 10.0 Å². The van der Waals surface area contributed by atoms with Crippen molar-refractivity contribution in [3.05, 3.63) is 39.4 Å². The summed E-state index contributed by atoms with van der Waals surface area (Å²) in [7, 11) is 0. The summed E-state index contributed by atoms with van der Waals surface area (Å²) in [5, 5.41) is 5.10. The van der Waals surface area contributed by atoms with Gasteiger partial charge in [-0.15, -0.1) is 0 Å². The first kappa shape index (κ1) is 14.0. The molecule has 0 radical (unpaired) electrons. The number of thiocarbonyl (C=S) groups is 1. The van der Waals surface area contributed by atoms with Crippen LogP contribution < -0.4 is 5.73 Å². The van der Waals surface area contributed by atoms with Crippen molar-refractivity contribution in [3.63, 3.8) is 0 Å². The molecular formula is C13H15ClN4S. The van der Waals surface area contributed by atoms with Gasteiger partial charge in [-0.1, -0.05) is 23.8 Å². The molecule has 2 heterocycles. The standard InChI is InChI=1S/C13H15ClN4S/c1-6-5-10(11(13(15)19)7(2)16-6)18-9(4)12(14)8(3)17-18/h5H,1-4H3,(H2,15,19). The lowest BCUT2D eigenvalue weighted by Crippen LogP contribution is -2.17. The van der Waals surface area contributed by atoms with Crippen molar-refractivity contribution >= 4 is 28.8 Å². The second kappa shape index (κ2) is 4.90. The molecule has 2 aromatic rings. The van der Waals surface area contributed by atoms with Gasteiger partial charge < -0.3 is 5.73 Å². The molecule has 0 spiro atoms. The summed E-state index contributed by atoms with van der Waals surface area (Å²) < 4.78 is 1.77. The van der Waals surface area contributed by atoms with Gasteiger partial charge in [-0.3, -0.25) is 4.98 Å². The van der Waals surface area contributed by atoms with Crippen LogP contribution in [0.4, 0.5) is 0 Å². The highest BCUT2D eigenvalue weighted by Crippen LogP contribution is 2.25. The Morgan fingerprint density at radius 1 is 1.26 bits per heavy atom. The quantitative estimate of drug-likeness (QED) is 0.865. The summed E-state index contributed by atoms with van der Waals surface area (Å²) in [5.74, 6) is 0. The maximum Gasteiger partial charge on any atom is 0.108 e. The third kappa shape index (κ3) is 2.35. The number of hydrogen-bond donors (Lipinski definition) is 1. The molecule has 0 atom stereocenters. The van der Waals surface area contributed by atoms with E-state index in [1.807, 2.05) is 33.8 Å². The average molecular weight is 295 g/mol. The lowest BCUT2D eigenvalue weighted by atomic mass is 10.1. The van der Waals surface area contributed by atoms with Crippen molar-refractivity contribution in [3.8, 4) is 5.69 Å². The van der Waals surface area contributed by atoms with Crippen LogP contribution in [0.15, 0.2) is 6.07 Å². The second-order valence-corrected chi connectivity index (χ2v) is 5.32. The SMILES string of the molecule is Cc1cc(-n2nc(C)c(Cl)c2C)c(C(N)=S)c(C)n1. The average Bonchev–Trinajstić information content (AvgIpc) is 2.55. The molecule has 0 amide bonds. The van der Waals surface area contributed by atoms with E-state index in [9.17, 15) is 0 Å². The van der Waals surface area contributed by atoms with Crippen LogP contribution in [0, 0.1) is 27.7 Å². The Morgan fingerprint density at radius 2 is 1.89 bits per heavy atom. The number of halogens is 1. The topological polar surface area (TPSA) is 56.7 Å². The highest BCUT2D eigenvalue weighted by Gasteiger charge is 2.17. The first-order valence-electron chi connectivity index (χ1n) is 5.83. The molecule has 4 nitrogen and oxygen atoms in total. The zero-order chi connectivity index (χ0) is 14.3. The Hall–Kier alpha value is -1.46. The fourth-order valence-electron chi connectivity index (χ4n) is 2.14. The van der Waals surface area contributed by atoms with Crippen LogP contribution in [-0.2, 0) is 0 Å². The van der Waals surface area contributed by atoms with Crippen molar-refractivity contribution in [2.24, 2.45) is 5.73 Å². The van der Waals surface area contributed by atoms with Gasteiger partial charge in [0.15, 0.2) is 0 Å². The largest absolute Gasteiger partial charge is 0.389 e. The van der Waals surface area contributed by atoms with Crippen molar-refractivity contribution in [1.29, 1.82) is 0 Å². The summed E-state index contributed by atoms with van der Waals surface area (Å²) in [6.45, 7) is 7.59. The molecule has 0 bridgehead atoms. The molecule has 0 aliphatic heterocycles. The first-order chi connectivity index (χ1) is 8.82. The fourth-order valence-corrected chi connectivity index (χ4v) is 2.51. The van der Waals surface area contributed by atoms with Gasteiger partial charge in [0.1, 0.15) is 4.99 Å². The molecular weight excluding hydrogens is 280 g/mol. The zero-order valence-electron chi connectivity index (χ0n) is 11.3. The maximum atomic E-state index is 6.20. The van der Waals surface area contributed by atoms with Gasteiger partial charge >= 0.3 is 0 Å². The molecule has 100 valence electrons. The van der Waals surface area contributed by atoms with E-state index in [4.69, 9.17) is 29.6 Å². The fraction of sp³-hybridized carbons (Fsp3) is 0.308. The number of pyridine rings is 1. The molecule has 2 aromatic heterocycles. The maximum absolute atomic E-state index is 6.20. The van der Waals surface area contributed by atoms with Crippen molar-refractivity contribution < 1.29 is 0 Å². The van der Waals surface area contributed by atoms with Gasteiger partial charge in [-0.25, -0.2) is 4.68 Å².